The van der Waals surface area contributed by atoms with E-state index in [1.165, 1.54) is 12.5 Å². The van der Waals surface area contributed by atoms with Crippen LogP contribution in [0.2, 0.25) is 0 Å². The highest BCUT2D eigenvalue weighted by Crippen LogP contribution is 2.21. The number of carbonyl (C=O) groups is 1. The van der Waals surface area contributed by atoms with E-state index in [1.54, 1.807) is 12.3 Å². The van der Waals surface area contributed by atoms with Crippen LogP contribution in [0.4, 0.5) is 5.69 Å². The van der Waals surface area contributed by atoms with Gasteiger partial charge in [-0.2, -0.15) is 0 Å². The largest absolute Gasteiger partial charge is 0.345 e. The van der Waals surface area contributed by atoms with E-state index in [0.717, 1.165) is 17.1 Å². The van der Waals surface area contributed by atoms with Gasteiger partial charge in [0, 0.05) is 29.3 Å². The number of aryl methyl sites for hydroxylation is 1. The molecule has 0 spiro atoms. The lowest BCUT2D eigenvalue weighted by Gasteiger charge is -2.06. The first-order chi connectivity index (χ1) is 12.1. The van der Waals surface area contributed by atoms with Crippen LogP contribution in [0.1, 0.15) is 16.1 Å². The van der Waals surface area contributed by atoms with E-state index >= 15 is 0 Å². The fraction of sp³-hybridized carbons (Fsp3) is 0.0588. The van der Waals surface area contributed by atoms with Crippen molar-refractivity contribution in [1.29, 1.82) is 0 Å². The van der Waals surface area contributed by atoms with Crippen molar-refractivity contribution in [3.05, 3.63) is 64.6 Å². The van der Waals surface area contributed by atoms with Gasteiger partial charge in [0.15, 0.2) is 0 Å². The van der Waals surface area contributed by atoms with Crippen LogP contribution in [-0.2, 0) is 0 Å². The van der Waals surface area contributed by atoms with Gasteiger partial charge in [-0.15, -0.1) is 0 Å². The Hall–Kier alpha value is -3.68. The Morgan fingerprint density at radius 3 is 2.88 bits per heavy atom. The van der Waals surface area contributed by atoms with Crippen molar-refractivity contribution in [3.63, 3.8) is 0 Å². The zero-order chi connectivity index (χ0) is 17.4. The highest BCUT2D eigenvalue weighted by Gasteiger charge is 2.16. The molecule has 3 heterocycles. The van der Waals surface area contributed by atoms with Gasteiger partial charge in [-0.05, 0) is 19.1 Å². The second-order valence-electron chi connectivity index (χ2n) is 5.61. The Balaban J connectivity index is 1.66. The third-order valence-electron chi connectivity index (χ3n) is 3.82. The number of nitrogens with zero attached hydrogens (tertiary/aromatic N) is 2. The zero-order valence-electron chi connectivity index (χ0n) is 13.3. The number of hydrogen-bond donors (Lipinski definition) is 4. The standard InChI is InChI=1S/C17H14N6O2/c1-9-6-18-14(22-9)10-3-2-4-11(5-10)23-16(24)12-7-19-15-13(12)17(25)21-8-20-15/h2-8H,1H3,(H,18,22)(H,23,24)(H2,19,20,21,25). The van der Waals surface area contributed by atoms with Crippen LogP contribution >= 0.6 is 0 Å². The van der Waals surface area contributed by atoms with Crippen molar-refractivity contribution in [2.75, 3.05) is 5.32 Å². The number of aromatic amines is 3. The Labute approximate surface area is 141 Å². The van der Waals surface area contributed by atoms with Gasteiger partial charge in [0.05, 0.1) is 17.3 Å². The number of imidazole rings is 1. The Morgan fingerprint density at radius 1 is 1.20 bits per heavy atom. The van der Waals surface area contributed by atoms with Crippen molar-refractivity contribution in [2.45, 2.75) is 6.92 Å². The van der Waals surface area contributed by atoms with E-state index in [4.69, 9.17) is 0 Å². The molecule has 1 aromatic carbocycles. The summed E-state index contributed by atoms with van der Waals surface area (Å²) in [5, 5.41) is 3.03. The molecular formula is C17H14N6O2. The Morgan fingerprint density at radius 2 is 2.08 bits per heavy atom. The molecule has 4 N–H and O–H groups in total. The normalized spacial score (nSPS) is 10.9. The number of nitrogens with one attached hydrogen (secondary N) is 4. The fourth-order valence-electron chi connectivity index (χ4n) is 2.65. The molecule has 4 aromatic rings. The van der Waals surface area contributed by atoms with Gasteiger partial charge in [-0.3, -0.25) is 9.59 Å². The predicted molar refractivity (Wildman–Crippen MR) is 93.4 cm³/mol. The molecule has 0 aliphatic rings. The van der Waals surface area contributed by atoms with Crippen LogP contribution in [-0.4, -0.2) is 30.8 Å². The molecule has 0 unspecified atom stereocenters. The predicted octanol–water partition coefficient (Wildman–Crippen LogP) is 2.20. The third-order valence-corrected chi connectivity index (χ3v) is 3.82. The van der Waals surface area contributed by atoms with Crippen molar-refractivity contribution in [3.8, 4) is 11.4 Å². The molecule has 0 aliphatic heterocycles. The van der Waals surface area contributed by atoms with Gasteiger partial charge in [-0.1, -0.05) is 12.1 Å². The average molecular weight is 334 g/mol. The van der Waals surface area contributed by atoms with E-state index in [1.807, 2.05) is 25.1 Å². The molecule has 3 aromatic heterocycles. The topological polar surface area (TPSA) is 119 Å². The van der Waals surface area contributed by atoms with Crippen LogP contribution in [0.3, 0.4) is 0 Å². The van der Waals surface area contributed by atoms with Gasteiger partial charge in [0.25, 0.3) is 11.5 Å². The number of fused-ring (bicyclic) bond motifs is 1. The first-order valence-electron chi connectivity index (χ1n) is 7.60. The number of benzene rings is 1. The number of carbonyl (C=O) groups excluding carboxylic acids is 1. The molecule has 0 atom stereocenters. The minimum absolute atomic E-state index is 0.234. The molecule has 0 fully saturated rings. The molecular weight excluding hydrogens is 320 g/mol. The highest BCUT2D eigenvalue weighted by atomic mass is 16.2. The Kier molecular flexibility index (Phi) is 3.42. The maximum Gasteiger partial charge on any atom is 0.261 e. The summed E-state index contributed by atoms with van der Waals surface area (Å²) in [6, 6.07) is 7.31. The van der Waals surface area contributed by atoms with E-state index in [9.17, 15) is 9.59 Å². The molecule has 0 radical (unpaired) electrons. The number of rotatable bonds is 3. The summed E-state index contributed by atoms with van der Waals surface area (Å²) in [7, 11) is 0. The monoisotopic (exact) mass is 334 g/mol. The smallest absolute Gasteiger partial charge is 0.261 e. The first-order valence-corrected chi connectivity index (χ1v) is 7.60. The number of H-pyrrole nitrogens is 3. The molecule has 0 aliphatic carbocycles. The van der Waals surface area contributed by atoms with Gasteiger partial charge in [0.1, 0.15) is 11.5 Å². The molecule has 8 heteroatoms. The number of hydrogen-bond acceptors (Lipinski definition) is 4. The summed E-state index contributed by atoms with van der Waals surface area (Å²) >= 11 is 0. The van der Waals surface area contributed by atoms with Crippen molar-refractivity contribution < 1.29 is 4.79 Å². The van der Waals surface area contributed by atoms with E-state index in [-0.39, 0.29) is 16.5 Å². The average Bonchev–Trinajstić information content (AvgIpc) is 3.22. The van der Waals surface area contributed by atoms with Crippen molar-refractivity contribution in [1.82, 2.24) is 24.9 Å². The summed E-state index contributed by atoms with van der Waals surface area (Å²) in [5.41, 5.74) is 2.65. The maximum atomic E-state index is 12.6. The molecule has 124 valence electrons. The number of anilines is 1. The SMILES string of the molecule is Cc1cnc(-c2cccc(NC(=O)c3c[nH]c4nc[nH]c(=O)c34)c2)[nH]1. The molecule has 0 bridgehead atoms. The van der Waals surface area contributed by atoms with Gasteiger partial charge in [0.2, 0.25) is 0 Å². The van der Waals surface area contributed by atoms with Crippen LogP contribution in [0.15, 0.2) is 47.8 Å². The number of amides is 1. The molecule has 4 rings (SSSR count). The second-order valence-corrected chi connectivity index (χ2v) is 5.61. The van der Waals surface area contributed by atoms with Crippen molar-refractivity contribution >= 4 is 22.6 Å². The van der Waals surface area contributed by atoms with Crippen LogP contribution < -0.4 is 10.9 Å². The molecule has 0 saturated heterocycles. The highest BCUT2D eigenvalue weighted by molar-refractivity contribution is 6.12. The zero-order valence-corrected chi connectivity index (χ0v) is 13.3. The maximum absolute atomic E-state index is 12.6. The molecule has 25 heavy (non-hydrogen) atoms. The summed E-state index contributed by atoms with van der Waals surface area (Å²) in [4.78, 5) is 41.2. The second kappa shape index (κ2) is 5.75. The minimum atomic E-state index is -0.391. The third kappa shape index (κ3) is 2.69. The fourth-order valence-corrected chi connectivity index (χ4v) is 2.65. The van der Waals surface area contributed by atoms with Crippen molar-refractivity contribution in [2.24, 2.45) is 0 Å². The van der Waals surface area contributed by atoms with Crippen LogP contribution in [0, 0.1) is 6.92 Å². The summed E-state index contributed by atoms with van der Waals surface area (Å²) in [6.07, 6.45) is 4.51. The van der Waals surface area contributed by atoms with Gasteiger partial charge >= 0.3 is 0 Å². The first kappa shape index (κ1) is 14.9. The van der Waals surface area contributed by atoms with Crippen LogP contribution in [0.25, 0.3) is 22.4 Å². The Bertz CT molecular complexity index is 1140. The van der Waals surface area contributed by atoms with Gasteiger partial charge < -0.3 is 20.3 Å². The minimum Gasteiger partial charge on any atom is -0.345 e. The molecule has 8 nitrogen and oxygen atoms in total. The summed E-state index contributed by atoms with van der Waals surface area (Å²) in [5.74, 6) is 0.332. The van der Waals surface area contributed by atoms with E-state index < -0.39 is 5.91 Å². The number of aromatic nitrogens is 5. The quantitative estimate of drug-likeness (QED) is 0.459. The van der Waals surface area contributed by atoms with E-state index in [0.29, 0.717) is 11.3 Å². The van der Waals surface area contributed by atoms with Gasteiger partial charge in [-0.25, -0.2) is 9.97 Å². The van der Waals surface area contributed by atoms with E-state index in [2.05, 4.69) is 30.2 Å². The molecule has 1 amide bonds. The summed E-state index contributed by atoms with van der Waals surface area (Å²) < 4.78 is 0. The van der Waals surface area contributed by atoms with Crippen LogP contribution in [0.5, 0.6) is 0 Å². The molecule has 0 saturated carbocycles. The lowest BCUT2D eigenvalue weighted by atomic mass is 10.1. The lowest BCUT2D eigenvalue weighted by molar-refractivity contribution is 0.102. The lowest BCUT2D eigenvalue weighted by Crippen LogP contribution is -2.15. The summed E-state index contributed by atoms with van der Waals surface area (Å²) in [6.45, 7) is 1.92.